The monoisotopic (exact) mass is 352 g/mol. The van der Waals surface area contributed by atoms with Gasteiger partial charge in [0.1, 0.15) is 0 Å². The van der Waals surface area contributed by atoms with E-state index in [1.165, 1.54) is 12.1 Å². The molecule has 1 saturated heterocycles. The van der Waals surface area contributed by atoms with E-state index >= 15 is 0 Å². The molecule has 118 valence electrons. The van der Waals surface area contributed by atoms with Crippen molar-refractivity contribution in [2.75, 3.05) is 17.2 Å². The second-order valence-electron chi connectivity index (χ2n) is 5.19. The summed E-state index contributed by atoms with van der Waals surface area (Å²) in [4.78, 5) is -0.0181. The van der Waals surface area contributed by atoms with Crippen LogP contribution >= 0.6 is 11.6 Å². The molecule has 9 heteroatoms. The quantitative estimate of drug-likeness (QED) is 0.792. The van der Waals surface area contributed by atoms with Crippen LogP contribution in [0.2, 0.25) is 5.02 Å². The summed E-state index contributed by atoms with van der Waals surface area (Å²) in [6.45, 7) is 1.58. The molecule has 21 heavy (non-hydrogen) atoms. The summed E-state index contributed by atoms with van der Waals surface area (Å²) in [6.07, 6.45) is 0.944. The highest BCUT2D eigenvalue weighted by Gasteiger charge is 2.29. The zero-order valence-electron chi connectivity index (χ0n) is 11.5. The minimum atomic E-state index is -3.86. The normalized spacial score (nSPS) is 22.1. The molecule has 1 aromatic rings. The SMILES string of the molecule is Cc1c(N)cc(Cl)cc1S(=O)(=O)NC1CCCS(=O)(=O)C1. The molecule has 0 radical (unpaired) electrons. The van der Waals surface area contributed by atoms with Gasteiger partial charge in [-0.15, -0.1) is 0 Å². The third-order valence-electron chi connectivity index (χ3n) is 3.44. The van der Waals surface area contributed by atoms with Crippen molar-refractivity contribution in [2.24, 2.45) is 0 Å². The van der Waals surface area contributed by atoms with E-state index in [1.54, 1.807) is 6.92 Å². The Balaban J connectivity index is 2.31. The van der Waals surface area contributed by atoms with Gasteiger partial charge in [0.25, 0.3) is 0 Å². The van der Waals surface area contributed by atoms with Crippen molar-refractivity contribution in [3.8, 4) is 0 Å². The number of benzene rings is 1. The molecule has 6 nitrogen and oxygen atoms in total. The summed E-state index contributed by atoms with van der Waals surface area (Å²) in [5.41, 5.74) is 6.39. The number of sulfone groups is 1. The van der Waals surface area contributed by atoms with Crippen LogP contribution < -0.4 is 10.5 Å². The molecule has 1 unspecified atom stereocenters. The highest BCUT2D eigenvalue weighted by molar-refractivity contribution is 7.91. The topological polar surface area (TPSA) is 106 Å². The van der Waals surface area contributed by atoms with E-state index in [0.717, 1.165) is 0 Å². The van der Waals surface area contributed by atoms with E-state index in [0.29, 0.717) is 18.4 Å². The highest BCUT2D eigenvalue weighted by Crippen LogP contribution is 2.26. The lowest BCUT2D eigenvalue weighted by molar-refractivity contribution is 0.517. The molecule has 1 fully saturated rings. The van der Waals surface area contributed by atoms with Gasteiger partial charge in [-0.05, 0) is 37.5 Å². The first-order valence-corrected chi connectivity index (χ1v) is 10.1. The predicted octanol–water partition coefficient (Wildman–Crippen LogP) is 1.09. The second-order valence-corrected chi connectivity index (χ2v) is 9.54. The maximum Gasteiger partial charge on any atom is 0.241 e. The Labute approximate surface area is 129 Å². The van der Waals surface area contributed by atoms with Gasteiger partial charge in [0.15, 0.2) is 9.84 Å². The fourth-order valence-electron chi connectivity index (χ4n) is 2.35. The lowest BCUT2D eigenvalue weighted by atomic mass is 10.2. The Hall–Kier alpha value is -0.830. The molecule has 1 aliphatic heterocycles. The average Bonchev–Trinajstić information content (AvgIpc) is 2.31. The number of halogens is 1. The van der Waals surface area contributed by atoms with Gasteiger partial charge in [0.2, 0.25) is 10.0 Å². The Bertz CT molecular complexity index is 760. The molecule has 1 aliphatic rings. The van der Waals surface area contributed by atoms with E-state index in [9.17, 15) is 16.8 Å². The van der Waals surface area contributed by atoms with Crippen LogP contribution in [-0.4, -0.2) is 34.4 Å². The molecular formula is C12H17ClN2O4S2. The van der Waals surface area contributed by atoms with Crippen molar-refractivity contribution in [2.45, 2.75) is 30.7 Å². The van der Waals surface area contributed by atoms with Gasteiger partial charge in [-0.3, -0.25) is 0 Å². The Morgan fingerprint density at radius 1 is 1.38 bits per heavy atom. The predicted molar refractivity (Wildman–Crippen MR) is 82.6 cm³/mol. The van der Waals surface area contributed by atoms with E-state index in [1.807, 2.05) is 0 Å². The van der Waals surface area contributed by atoms with Crippen molar-refractivity contribution in [1.82, 2.24) is 4.72 Å². The Morgan fingerprint density at radius 3 is 2.67 bits per heavy atom. The molecule has 1 atom stereocenters. The Kier molecular flexibility index (Phi) is 4.53. The summed E-state index contributed by atoms with van der Waals surface area (Å²) >= 11 is 5.85. The summed E-state index contributed by atoms with van der Waals surface area (Å²) in [6, 6.07) is 2.17. The number of sulfonamides is 1. The minimum absolute atomic E-state index is 0.0181. The van der Waals surface area contributed by atoms with Crippen LogP contribution in [0.15, 0.2) is 17.0 Å². The molecule has 0 aliphatic carbocycles. The number of anilines is 1. The van der Waals surface area contributed by atoms with Crippen LogP contribution in [0.25, 0.3) is 0 Å². The molecule has 0 saturated carbocycles. The summed E-state index contributed by atoms with van der Waals surface area (Å²) < 4.78 is 50.4. The lowest BCUT2D eigenvalue weighted by Gasteiger charge is -2.23. The zero-order chi connectivity index (χ0) is 15.8. The van der Waals surface area contributed by atoms with Crippen LogP contribution in [0.3, 0.4) is 0 Å². The van der Waals surface area contributed by atoms with Crippen molar-refractivity contribution in [3.63, 3.8) is 0 Å². The van der Waals surface area contributed by atoms with Crippen LogP contribution in [0.1, 0.15) is 18.4 Å². The second kappa shape index (κ2) is 5.75. The largest absolute Gasteiger partial charge is 0.398 e. The third kappa shape index (κ3) is 3.88. The van der Waals surface area contributed by atoms with Gasteiger partial charge in [0, 0.05) is 16.8 Å². The summed E-state index contributed by atoms with van der Waals surface area (Å²) in [7, 11) is -7.06. The Morgan fingerprint density at radius 2 is 2.05 bits per heavy atom. The van der Waals surface area contributed by atoms with Gasteiger partial charge in [0.05, 0.1) is 16.4 Å². The number of nitrogens with two attached hydrogens (primary N) is 1. The van der Waals surface area contributed by atoms with E-state index in [2.05, 4.69) is 4.72 Å². The molecule has 1 aromatic carbocycles. The van der Waals surface area contributed by atoms with E-state index in [4.69, 9.17) is 17.3 Å². The highest BCUT2D eigenvalue weighted by atomic mass is 35.5. The third-order valence-corrected chi connectivity index (χ3v) is 7.13. The molecule has 0 spiro atoms. The molecule has 3 N–H and O–H groups in total. The van der Waals surface area contributed by atoms with Crippen LogP contribution in [0.5, 0.6) is 0 Å². The average molecular weight is 353 g/mol. The van der Waals surface area contributed by atoms with Crippen molar-refractivity contribution in [3.05, 3.63) is 22.7 Å². The van der Waals surface area contributed by atoms with Crippen molar-refractivity contribution in [1.29, 1.82) is 0 Å². The standard InChI is InChI=1S/C12H17ClN2O4S2/c1-8-11(14)5-9(13)6-12(8)21(18,19)15-10-3-2-4-20(16,17)7-10/h5-6,10,15H,2-4,7,14H2,1H3. The molecule has 0 bridgehead atoms. The number of hydrogen-bond acceptors (Lipinski definition) is 5. The van der Waals surface area contributed by atoms with Gasteiger partial charge in [-0.25, -0.2) is 21.6 Å². The van der Waals surface area contributed by atoms with Gasteiger partial charge < -0.3 is 5.73 Å². The molecule has 0 aromatic heterocycles. The molecular weight excluding hydrogens is 336 g/mol. The van der Waals surface area contributed by atoms with Gasteiger partial charge in [-0.2, -0.15) is 0 Å². The van der Waals surface area contributed by atoms with Crippen molar-refractivity contribution < 1.29 is 16.8 Å². The van der Waals surface area contributed by atoms with Crippen molar-refractivity contribution >= 4 is 37.1 Å². The molecule has 0 amide bonds. The first-order chi connectivity index (χ1) is 9.61. The van der Waals surface area contributed by atoms with Crippen LogP contribution in [0, 0.1) is 6.92 Å². The zero-order valence-corrected chi connectivity index (χ0v) is 13.9. The first kappa shape index (κ1) is 16.5. The minimum Gasteiger partial charge on any atom is -0.398 e. The summed E-state index contributed by atoms with van der Waals surface area (Å²) in [5, 5.41) is 0.217. The maximum atomic E-state index is 12.4. The van der Waals surface area contributed by atoms with Gasteiger partial charge in [-0.1, -0.05) is 11.6 Å². The lowest BCUT2D eigenvalue weighted by Crippen LogP contribution is -2.43. The van der Waals surface area contributed by atoms with E-state index in [-0.39, 0.29) is 27.1 Å². The number of nitrogens with one attached hydrogen (secondary N) is 1. The number of rotatable bonds is 3. The maximum absolute atomic E-state index is 12.4. The summed E-state index contributed by atoms with van der Waals surface area (Å²) in [5.74, 6) is -0.0737. The van der Waals surface area contributed by atoms with E-state index < -0.39 is 25.9 Å². The molecule has 1 heterocycles. The molecule has 2 rings (SSSR count). The first-order valence-electron chi connectivity index (χ1n) is 6.39. The number of nitrogen functional groups attached to an aromatic ring is 1. The fourth-order valence-corrected chi connectivity index (χ4v) is 5.96. The van der Waals surface area contributed by atoms with Crippen LogP contribution in [0.4, 0.5) is 5.69 Å². The fraction of sp³-hybridized carbons (Fsp3) is 0.500. The van der Waals surface area contributed by atoms with Gasteiger partial charge >= 0.3 is 0 Å². The van der Waals surface area contributed by atoms with Crippen LogP contribution in [-0.2, 0) is 19.9 Å². The smallest absolute Gasteiger partial charge is 0.241 e. The number of hydrogen-bond donors (Lipinski definition) is 2.